The Labute approximate surface area is 163 Å². The van der Waals surface area contributed by atoms with Gasteiger partial charge < -0.3 is 14.9 Å². The van der Waals surface area contributed by atoms with Crippen LogP contribution in [-0.4, -0.2) is 64.2 Å². The van der Waals surface area contributed by atoms with Gasteiger partial charge in [-0.25, -0.2) is 0 Å². The Morgan fingerprint density at radius 1 is 1.04 bits per heavy atom. The van der Waals surface area contributed by atoms with Crippen LogP contribution in [0.2, 0.25) is 0 Å². The summed E-state index contributed by atoms with van der Waals surface area (Å²) in [7, 11) is 0. The van der Waals surface area contributed by atoms with Crippen LogP contribution in [0.25, 0.3) is 0 Å². The third-order valence-electron chi connectivity index (χ3n) is 5.14. The molecule has 0 aliphatic carbocycles. The van der Waals surface area contributed by atoms with E-state index in [4.69, 9.17) is 0 Å². The van der Waals surface area contributed by atoms with E-state index in [1.54, 1.807) is 19.1 Å². The Kier molecular flexibility index (Phi) is 5.86. The summed E-state index contributed by atoms with van der Waals surface area (Å²) in [5, 5.41) is 9.64. The minimum atomic E-state index is -5.06. The van der Waals surface area contributed by atoms with Crippen molar-refractivity contribution in [3.05, 3.63) is 35.4 Å². The summed E-state index contributed by atoms with van der Waals surface area (Å²) in [5.41, 5.74) is -1.92. The summed E-state index contributed by atoms with van der Waals surface area (Å²) in [6.07, 6.45) is -5.06. The van der Waals surface area contributed by atoms with Crippen molar-refractivity contribution >= 4 is 11.8 Å². The van der Waals surface area contributed by atoms with Crippen molar-refractivity contribution in [2.24, 2.45) is 0 Å². The smallest absolute Gasteiger partial charge is 0.373 e. The Bertz CT molecular complexity index is 737. The largest absolute Gasteiger partial charge is 0.426 e. The zero-order valence-electron chi connectivity index (χ0n) is 16.8. The van der Waals surface area contributed by atoms with Gasteiger partial charge in [0.2, 0.25) is 5.60 Å². The number of carbonyl (C=O) groups is 2. The summed E-state index contributed by atoms with van der Waals surface area (Å²) in [6, 6.07) is 6.60. The van der Waals surface area contributed by atoms with E-state index in [0.717, 1.165) is 10.5 Å². The number of piperazine rings is 1. The number of rotatable bonds is 2. The molecule has 8 heteroatoms. The minimum Gasteiger partial charge on any atom is -0.373 e. The van der Waals surface area contributed by atoms with Crippen LogP contribution >= 0.6 is 0 Å². The third-order valence-corrected chi connectivity index (χ3v) is 5.14. The standard InChI is InChI=1S/C20H27F3N2O3/c1-13-12-24(10-11-25(13)17(27)19(5,28)20(21,22)23)16(26)14-6-8-15(9-7-14)18(2,3)4/h6-9,13,28H,10-12H2,1-5H3/t13-,19+/m0/s1. The molecule has 1 aliphatic heterocycles. The second kappa shape index (κ2) is 7.39. The first kappa shape index (κ1) is 22.2. The monoisotopic (exact) mass is 400 g/mol. The number of hydrogen-bond acceptors (Lipinski definition) is 3. The molecule has 2 amide bonds. The van der Waals surface area contributed by atoms with Crippen molar-refractivity contribution in [1.29, 1.82) is 0 Å². The molecule has 0 spiro atoms. The molecule has 28 heavy (non-hydrogen) atoms. The molecule has 156 valence electrons. The van der Waals surface area contributed by atoms with E-state index in [0.29, 0.717) is 12.5 Å². The molecule has 1 fully saturated rings. The average molecular weight is 400 g/mol. The summed E-state index contributed by atoms with van der Waals surface area (Å²) in [5.74, 6) is -1.63. The van der Waals surface area contributed by atoms with E-state index in [1.165, 1.54) is 4.90 Å². The number of nitrogens with zero attached hydrogens (tertiary/aromatic N) is 2. The van der Waals surface area contributed by atoms with Gasteiger partial charge in [-0.1, -0.05) is 32.9 Å². The number of benzene rings is 1. The van der Waals surface area contributed by atoms with E-state index in [1.807, 2.05) is 12.1 Å². The van der Waals surface area contributed by atoms with Crippen molar-refractivity contribution < 1.29 is 27.9 Å². The highest BCUT2D eigenvalue weighted by atomic mass is 19.4. The lowest BCUT2D eigenvalue weighted by atomic mass is 9.86. The second-order valence-corrected chi connectivity index (χ2v) is 8.50. The van der Waals surface area contributed by atoms with Gasteiger partial charge in [0.05, 0.1) is 0 Å². The van der Waals surface area contributed by atoms with Gasteiger partial charge in [0.1, 0.15) is 0 Å². The summed E-state index contributed by atoms with van der Waals surface area (Å²) in [6.45, 7) is 8.34. The van der Waals surface area contributed by atoms with Gasteiger partial charge in [0.15, 0.2) is 0 Å². The van der Waals surface area contributed by atoms with Crippen LogP contribution in [-0.2, 0) is 10.2 Å². The maximum Gasteiger partial charge on any atom is 0.426 e. The van der Waals surface area contributed by atoms with Gasteiger partial charge in [-0.3, -0.25) is 9.59 Å². The Hall–Kier alpha value is -2.09. The van der Waals surface area contributed by atoms with E-state index in [-0.39, 0.29) is 31.0 Å². The molecule has 2 atom stereocenters. The minimum absolute atomic E-state index is 0.0441. The first-order valence-corrected chi connectivity index (χ1v) is 9.16. The van der Waals surface area contributed by atoms with E-state index in [9.17, 15) is 27.9 Å². The number of alkyl halides is 3. The van der Waals surface area contributed by atoms with Gasteiger partial charge in [-0.05, 0) is 37.0 Å². The maximum atomic E-state index is 12.9. The number of amides is 2. The van der Waals surface area contributed by atoms with Gasteiger partial charge >= 0.3 is 6.18 Å². The maximum absolute atomic E-state index is 12.9. The molecule has 1 aromatic rings. The Balaban J connectivity index is 2.09. The van der Waals surface area contributed by atoms with Crippen molar-refractivity contribution in [2.45, 2.75) is 57.9 Å². The number of hydrogen-bond donors (Lipinski definition) is 1. The molecule has 1 N–H and O–H groups in total. The molecule has 0 bridgehead atoms. The number of aliphatic hydroxyl groups is 1. The lowest BCUT2D eigenvalue weighted by molar-refractivity contribution is -0.251. The molecule has 0 saturated carbocycles. The lowest BCUT2D eigenvalue weighted by Crippen LogP contribution is -2.63. The summed E-state index contributed by atoms with van der Waals surface area (Å²) in [4.78, 5) is 27.4. The van der Waals surface area contributed by atoms with Gasteiger partial charge in [0.25, 0.3) is 11.8 Å². The fourth-order valence-electron chi connectivity index (χ4n) is 3.14. The molecule has 5 nitrogen and oxygen atoms in total. The highest BCUT2D eigenvalue weighted by Crippen LogP contribution is 2.32. The van der Waals surface area contributed by atoms with Crippen LogP contribution in [0.1, 0.15) is 50.5 Å². The first-order chi connectivity index (χ1) is 12.7. The molecular weight excluding hydrogens is 373 g/mol. The highest BCUT2D eigenvalue weighted by molar-refractivity contribution is 5.94. The molecule has 1 heterocycles. The fraction of sp³-hybridized carbons (Fsp3) is 0.600. The van der Waals surface area contributed by atoms with Crippen molar-refractivity contribution in [1.82, 2.24) is 9.80 Å². The molecule has 0 radical (unpaired) electrons. The van der Waals surface area contributed by atoms with Crippen LogP contribution in [0.4, 0.5) is 13.2 Å². The highest BCUT2D eigenvalue weighted by Gasteiger charge is 2.57. The van der Waals surface area contributed by atoms with Crippen molar-refractivity contribution in [3.8, 4) is 0 Å². The molecule has 2 rings (SSSR count). The van der Waals surface area contributed by atoms with Crippen LogP contribution in [0.3, 0.4) is 0 Å². The summed E-state index contributed by atoms with van der Waals surface area (Å²) < 4.78 is 38.8. The van der Waals surface area contributed by atoms with Gasteiger partial charge in [0, 0.05) is 31.2 Å². The predicted molar refractivity (Wildman–Crippen MR) is 98.9 cm³/mol. The summed E-state index contributed by atoms with van der Waals surface area (Å²) >= 11 is 0. The Morgan fingerprint density at radius 3 is 2.00 bits per heavy atom. The predicted octanol–water partition coefficient (Wildman–Crippen LogP) is 2.97. The zero-order valence-corrected chi connectivity index (χ0v) is 16.8. The zero-order chi connectivity index (χ0) is 21.5. The fourth-order valence-corrected chi connectivity index (χ4v) is 3.14. The average Bonchev–Trinajstić information content (AvgIpc) is 2.58. The quantitative estimate of drug-likeness (QED) is 0.830. The SMILES string of the molecule is C[C@H]1CN(C(=O)c2ccc(C(C)(C)C)cc2)CCN1C(=O)[C@@](C)(O)C(F)(F)F. The van der Waals surface area contributed by atoms with Crippen LogP contribution in [0.15, 0.2) is 24.3 Å². The lowest BCUT2D eigenvalue weighted by Gasteiger charge is -2.42. The second-order valence-electron chi connectivity index (χ2n) is 8.50. The van der Waals surface area contributed by atoms with Crippen LogP contribution in [0, 0.1) is 0 Å². The topological polar surface area (TPSA) is 60.9 Å². The molecular formula is C20H27F3N2O3. The number of carbonyl (C=O) groups excluding carboxylic acids is 2. The molecule has 1 saturated heterocycles. The van der Waals surface area contributed by atoms with Crippen molar-refractivity contribution in [2.75, 3.05) is 19.6 Å². The normalized spacial score (nSPS) is 20.7. The molecule has 1 aromatic carbocycles. The number of halogens is 3. The van der Waals surface area contributed by atoms with E-state index in [2.05, 4.69) is 20.8 Å². The van der Waals surface area contributed by atoms with Gasteiger partial charge in [-0.15, -0.1) is 0 Å². The van der Waals surface area contributed by atoms with Crippen molar-refractivity contribution in [3.63, 3.8) is 0 Å². The molecule has 1 aliphatic rings. The van der Waals surface area contributed by atoms with E-state index < -0.39 is 23.7 Å². The van der Waals surface area contributed by atoms with Crippen LogP contribution < -0.4 is 0 Å². The molecule has 0 unspecified atom stereocenters. The third kappa shape index (κ3) is 4.32. The van der Waals surface area contributed by atoms with Gasteiger partial charge in [-0.2, -0.15) is 13.2 Å². The van der Waals surface area contributed by atoms with Crippen LogP contribution in [0.5, 0.6) is 0 Å². The Morgan fingerprint density at radius 2 is 1.57 bits per heavy atom. The van der Waals surface area contributed by atoms with E-state index >= 15 is 0 Å². The first-order valence-electron chi connectivity index (χ1n) is 9.16. The molecule has 0 aromatic heterocycles.